The summed E-state index contributed by atoms with van der Waals surface area (Å²) >= 11 is 0. The molecule has 1 atom stereocenters. The second kappa shape index (κ2) is 6.55. The normalized spacial score (nSPS) is 12.3. The van der Waals surface area contributed by atoms with Gasteiger partial charge in [-0.1, -0.05) is 6.07 Å². The zero-order valence-electron chi connectivity index (χ0n) is 12.9. The Kier molecular flexibility index (Phi) is 4.31. The highest BCUT2D eigenvalue weighted by atomic mass is 19.1. The van der Waals surface area contributed by atoms with Crippen LogP contribution in [0.5, 0.6) is 5.75 Å². The third-order valence-corrected chi connectivity index (χ3v) is 3.41. The first-order valence-electron chi connectivity index (χ1n) is 7.33. The Hall–Kier alpha value is -2.77. The lowest BCUT2D eigenvalue weighted by molar-refractivity contribution is 0.293. The van der Waals surface area contributed by atoms with Crippen LogP contribution in [0.2, 0.25) is 0 Å². The van der Waals surface area contributed by atoms with Crippen LogP contribution in [0.15, 0.2) is 36.9 Å². The highest BCUT2D eigenvalue weighted by Crippen LogP contribution is 2.17. The molecule has 0 saturated heterocycles. The summed E-state index contributed by atoms with van der Waals surface area (Å²) in [6.07, 6.45) is 3.12. The molecule has 0 aliphatic carbocycles. The van der Waals surface area contributed by atoms with E-state index in [0.717, 1.165) is 5.82 Å². The summed E-state index contributed by atoms with van der Waals surface area (Å²) in [6, 6.07) is 5.90. The SMILES string of the molecule is CCn1nc(COc2cccc(F)c2)nc1[C@@H](C)n1cncn1. The van der Waals surface area contributed by atoms with Crippen LogP contribution in [0.25, 0.3) is 0 Å². The number of hydrogen-bond donors (Lipinski definition) is 0. The van der Waals surface area contributed by atoms with Crippen molar-refractivity contribution in [2.75, 3.05) is 0 Å². The van der Waals surface area contributed by atoms with E-state index in [-0.39, 0.29) is 18.5 Å². The molecule has 8 heteroatoms. The third kappa shape index (κ3) is 3.36. The van der Waals surface area contributed by atoms with Crippen LogP contribution in [0.4, 0.5) is 4.39 Å². The molecule has 0 aliphatic heterocycles. The van der Waals surface area contributed by atoms with Crippen LogP contribution in [0.3, 0.4) is 0 Å². The number of aromatic nitrogens is 6. The number of benzene rings is 1. The van der Waals surface area contributed by atoms with Crippen molar-refractivity contribution in [1.29, 1.82) is 0 Å². The fourth-order valence-electron chi connectivity index (χ4n) is 2.25. The molecule has 7 nitrogen and oxygen atoms in total. The molecule has 2 heterocycles. The van der Waals surface area contributed by atoms with E-state index >= 15 is 0 Å². The average Bonchev–Trinajstić information content (AvgIpc) is 3.22. The van der Waals surface area contributed by atoms with Crippen LogP contribution in [0, 0.1) is 5.82 Å². The molecule has 0 aliphatic rings. The first-order valence-corrected chi connectivity index (χ1v) is 7.33. The Balaban J connectivity index is 1.76. The van der Waals surface area contributed by atoms with Crippen LogP contribution in [-0.2, 0) is 13.2 Å². The maximum atomic E-state index is 13.1. The van der Waals surface area contributed by atoms with Gasteiger partial charge in [-0.25, -0.2) is 23.7 Å². The molecule has 0 N–H and O–H groups in total. The first kappa shape index (κ1) is 15.1. The summed E-state index contributed by atoms with van der Waals surface area (Å²) in [5.74, 6) is 1.42. The van der Waals surface area contributed by atoms with Gasteiger partial charge in [-0.05, 0) is 26.0 Å². The molecule has 0 amide bonds. The molecule has 0 radical (unpaired) electrons. The van der Waals surface area contributed by atoms with Gasteiger partial charge in [0.05, 0.1) is 0 Å². The smallest absolute Gasteiger partial charge is 0.188 e. The van der Waals surface area contributed by atoms with Gasteiger partial charge in [-0.3, -0.25) is 0 Å². The van der Waals surface area contributed by atoms with E-state index in [9.17, 15) is 4.39 Å². The second-order valence-corrected chi connectivity index (χ2v) is 5.00. The molecule has 0 unspecified atom stereocenters. The Bertz CT molecular complexity index is 770. The van der Waals surface area contributed by atoms with Crippen LogP contribution in [0.1, 0.15) is 31.5 Å². The van der Waals surface area contributed by atoms with Gasteiger partial charge in [0.1, 0.15) is 36.9 Å². The van der Waals surface area contributed by atoms with E-state index in [0.29, 0.717) is 18.1 Å². The van der Waals surface area contributed by atoms with Crippen molar-refractivity contribution in [3.05, 3.63) is 54.4 Å². The predicted molar refractivity (Wildman–Crippen MR) is 80.3 cm³/mol. The van der Waals surface area contributed by atoms with E-state index < -0.39 is 0 Å². The highest BCUT2D eigenvalue weighted by Gasteiger charge is 2.18. The molecule has 3 rings (SSSR count). The van der Waals surface area contributed by atoms with Gasteiger partial charge in [0.15, 0.2) is 11.6 Å². The number of nitrogens with zero attached hydrogens (tertiary/aromatic N) is 6. The lowest BCUT2D eigenvalue weighted by atomic mass is 10.3. The molecule has 0 saturated carbocycles. The molecule has 3 aromatic rings. The summed E-state index contributed by atoms with van der Waals surface area (Å²) in [5, 5.41) is 8.55. The molecule has 0 fully saturated rings. The van der Waals surface area contributed by atoms with E-state index in [1.54, 1.807) is 27.8 Å². The third-order valence-electron chi connectivity index (χ3n) is 3.41. The van der Waals surface area contributed by atoms with Crippen LogP contribution < -0.4 is 4.74 Å². The van der Waals surface area contributed by atoms with Crippen molar-refractivity contribution in [3.8, 4) is 5.75 Å². The minimum Gasteiger partial charge on any atom is -0.485 e. The zero-order valence-corrected chi connectivity index (χ0v) is 12.9. The fourth-order valence-corrected chi connectivity index (χ4v) is 2.25. The Morgan fingerprint density at radius 3 is 2.91 bits per heavy atom. The zero-order chi connectivity index (χ0) is 16.2. The molecular formula is C15H17FN6O. The molecule has 120 valence electrons. The van der Waals surface area contributed by atoms with E-state index in [4.69, 9.17) is 4.74 Å². The molecule has 0 spiro atoms. The molecule has 0 bridgehead atoms. The first-order chi connectivity index (χ1) is 11.2. The van der Waals surface area contributed by atoms with Gasteiger partial charge in [-0.2, -0.15) is 10.2 Å². The lowest BCUT2D eigenvalue weighted by Gasteiger charge is -2.10. The van der Waals surface area contributed by atoms with Crippen LogP contribution in [-0.4, -0.2) is 29.5 Å². The van der Waals surface area contributed by atoms with Gasteiger partial charge < -0.3 is 4.74 Å². The molecular weight excluding hydrogens is 299 g/mol. The highest BCUT2D eigenvalue weighted by molar-refractivity contribution is 5.22. The standard InChI is InChI=1S/C15H17FN6O/c1-3-21-15(11(2)22-10-17-9-18-22)19-14(20-21)8-23-13-6-4-5-12(16)7-13/h4-7,9-11H,3,8H2,1-2H3/t11-/m1/s1. The van der Waals surface area contributed by atoms with Crippen molar-refractivity contribution < 1.29 is 9.13 Å². The number of rotatable bonds is 6. The van der Waals surface area contributed by atoms with Gasteiger partial charge in [-0.15, -0.1) is 0 Å². The second-order valence-electron chi connectivity index (χ2n) is 5.00. The number of hydrogen-bond acceptors (Lipinski definition) is 5. The topological polar surface area (TPSA) is 70.7 Å². The summed E-state index contributed by atoms with van der Waals surface area (Å²) in [6.45, 7) is 4.82. The molecule has 1 aromatic carbocycles. The van der Waals surface area contributed by atoms with Crippen molar-refractivity contribution in [3.63, 3.8) is 0 Å². The fraction of sp³-hybridized carbons (Fsp3) is 0.333. The van der Waals surface area contributed by atoms with Crippen molar-refractivity contribution in [2.45, 2.75) is 33.0 Å². The number of halogens is 1. The molecule has 23 heavy (non-hydrogen) atoms. The van der Waals surface area contributed by atoms with Crippen molar-refractivity contribution in [2.24, 2.45) is 0 Å². The number of aryl methyl sites for hydroxylation is 1. The van der Waals surface area contributed by atoms with E-state index in [2.05, 4.69) is 20.2 Å². The van der Waals surface area contributed by atoms with Crippen molar-refractivity contribution in [1.82, 2.24) is 29.5 Å². The summed E-state index contributed by atoms with van der Waals surface area (Å²) < 4.78 is 22.2. The Labute approximate surface area is 132 Å². The van der Waals surface area contributed by atoms with Gasteiger partial charge in [0, 0.05) is 12.6 Å². The monoisotopic (exact) mass is 316 g/mol. The maximum Gasteiger partial charge on any atom is 0.188 e. The molecule has 2 aromatic heterocycles. The quantitative estimate of drug-likeness (QED) is 0.697. The lowest BCUT2D eigenvalue weighted by Crippen LogP contribution is -2.14. The minimum absolute atomic E-state index is 0.0899. The van der Waals surface area contributed by atoms with Gasteiger partial charge >= 0.3 is 0 Å². The maximum absolute atomic E-state index is 13.1. The van der Waals surface area contributed by atoms with Crippen LogP contribution >= 0.6 is 0 Å². The van der Waals surface area contributed by atoms with Crippen molar-refractivity contribution >= 4 is 0 Å². The largest absolute Gasteiger partial charge is 0.485 e. The van der Waals surface area contributed by atoms with Gasteiger partial charge in [0.25, 0.3) is 0 Å². The summed E-state index contributed by atoms with van der Waals surface area (Å²) in [4.78, 5) is 8.47. The predicted octanol–water partition coefficient (Wildman–Crippen LogP) is 2.22. The van der Waals surface area contributed by atoms with Gasteiger partial charge in [0.2, 0.25) is 0 Å². The minimum atomic E-state index is -0.338. The van der Waals surface area contributed by atoms with E-state index in [1.807, 2.05) is 13.8 Å². The van der Waals surface area contributed by atoms with E-state index in [1.165, 1.54) is 18.5 Å². The number of ether oxygens (including phenoxy) is 1. The summed E-state index contributed by atoms with van der Waals surface area (Å²) in [5.41, 5.74) is 0. The Morgan fingerprint density at radius 1 is 1.35 bits per heavy atom. The Morgan fingerprint density at radius 2 is 2.22 bits per heavy atom. The summed E-state index contributed by atoms with van der Waals surface area (Å²) in [7, 11) is 0. The average molecular weight is 316 g/mol.